The van der Waals surface area contributed by atoms with Crippen LogP contribution in [0.4, 0.5) is 0 Å². The molecule has 3 heteroatoms. The van der Waals surface area contributed by atoms with Gasteiger partial charge in [-0.1, -0.05) is 38.1 Å². The van der Waals surface area contributed by atoms with Gasteiger partial charge in [-0.05, 0) is 36.3 Å². The Morgan fingerprint density at radius 1 is 1.35 bits per heavy atom. The minimum absolute atomic E-state index is 0.0586. The monoisotopic (exact) mass is 275 g/mol. The molecule has 2 rings (SSSR count). The van der Waals surface area contributed by atoms with Crippen molar-refractivity contribution < 1.29 is 9.53 Å². The molecule has 0 radical (unpaired) electrons. The predicted molar refractivity (Wildman–Crippen MR) is 80.4 cm³/mol. The summed E-state index contributed by atoms with van der Waals surface area (Å²) < 4.78 is 5.19. The van der Waals surface area contributed by atoms with Crippen molar-refractivity contribution in [1.29, 1.82) is 0 Å². The average Bonchev–Trinajstić information content (AvgIpc) is 2.70. The highest BCUT2D eigenvalue weighted by Crippen LogP contribution is 2.31. The number of rotatable bonds is 6. The Morgan fingerprint density at radius 2 is 2.10 bits per heavy atom. The first kappa shape index (κ1) is 15.0. The van der Waals surface area contributed by atoms with Crippen molar-refractivity contribution in [3.05, 3.63) is 35.4 Å². The lowest BCUT2D eigenvalue weighted by atomic mass is 9.82. The van der Waals surface area contributed by atoms with Crippen LogP contribution in [0.3, 0.4) is 0 Å². The standard InChI is InChI=1S/C17H25NO2/c1-13(2)10-17(8-7-16(19)18-17)11-14-5-4-6-15(9-14)12-20-3/h4-6,9,13H,7-8,10-12H2,1-3H3,(H,18,19). The molecule has 1 fully saturated rings. The molecule has 0 saturated carbocycles. The number of ether oxygens (including phenoxy) is 1. The molecule has 1 N–H and O–H groups in total. The van der Waals surface area contributed by atoms with Crippen LogP contribution in [-0.4, -0.2) is 18.6 Å². The van der Waals surface area contributed by atoms with Gasteiger partial charge in [0.05, 0.1) is 6.61 Å². The van der Waals surface area contributed by atoms with Crippen LogP contribution >= 0.6 is 0 Å². The molecule has 1 heterocycles. The number of hydrogen-bond acceptors (Lipinski definition) is 2. The van der Waals surface area contributed by atoms with E-state index in [1.807, 2.05) is 0 Å². The molecule has 1 amide bonds. The minimum atomic E-state index is -0.0586. The first-order valence-electron chi connectivity index (χ1n) is 7.41. The summed E-state index contributed by atoms with van der Waals surface area (Å²) in [5.41, 5.74) is 2.41. The first-order chi connectivity index (χ1) is 9.53. The molecule has 0 spiro atoms. The van der Waals surface area contributed by atoms with Crippen LogP contribution in [0, 0.1) is 5.92 Å². The third-order valence-electron chi connectivity index (χ3n) is 3.88. The van der Waals surface area contributed by atoms with Crippen molar-refractivity contribution in [2.24, 2.45) is 5.92 Å². The normalized spacial score (nSPS) is 22.3. The quantitative estimate of drug-likeness (QED) is 0.866. The van der Waals surface area contributed by atoms with Crippen LogP contribution in [0.5, 0.6) is 0 Å². The summed E-state index contributed by atoms with van der Waals surface area (Å²) in [6.07, 6.45) is 3.55. The minimum Gasteiger partial charge on any atom is -0.380 e. The van der Waals surface area contributed by atoms with Crippen molar-refractivity contribution >= 4 is 5.91 Å². The van der Waals surface area contributed by atoms with Crippen LogP contribution < -0.4 is 5.32 Å². The van der Waals surface area contributed by atoms with Gasteiger partial charge in [0, 0.05) is 19.1 Å². The highest BCUT2D eigenvalue weighted by molar-refractivity contribution is 5.79. The maximum atomic E-state index is 11.7. The van der Waals surface area contributed by atoms with Crippen LogP contribution in [0.1, 0.15) is 44.2 Å². The summed E-state index contributed by atoms with van der Waals surface area (Å²) in [6.45, 7) is 5.07. The van der Waals surface area contributed by atoms with Gasteiger partial charge in [0.15, 0.2) is 0 Å². The van der Waals surface area contributed by atoms with E-state index in [4.69, 9.17) is 4.74 Å². The van der Waals surface area contributed by atoms with Crippen LogP contribution in [0.25, 0.3) is 0 Å². The molecule has 1 atom stereocenters. The molecule has 1 aliphatic heterocycles. The number of amides is 1. The van der Waals surface area contributed by atoms with Gasteiger partial charge in [-0.2, -0.15) is 0 Å². The van der Waals surface area contributed by atoms with Gasteiger partial charge in [-0.25, -0.2) is 0 Å². The molecule has 1 aromatic carbocycles. The summed E-state index contributed by atoms with van der Waals surface area (Å²) in [5.74, 6) is 0.772. The number of nitrogens with one attached hydrogen (secondary N) is 1. The number of methoxy groups -OCH3 is 1. The van der Waals surface area contributed by atoms with Crippen molar-refractivity contribution in [2.75, 3.05) is 7.11 Å². The second-order valence-corrected chi connectivity index (χ2v) is 6.36. The Kier molecular flexibility index (Phi) is 4.81. The smallest absolute Gasteiger partial charge is 0.220 e. The fourth-order valence-corrected chi connectivity index (χ4v) is 3.30. The number of carbonyl (C=O) groups is 1. The van der Waals surface area contributed by atoms with Crippen molar-refractivity contribution in [3.63, 3.8) is 0 Å². The van der Waals surface area contributed by atoms with E-state index in [1.54, 1.807) is 7.11 Å². The Balaban J connectivity index is 2.15. The lowest BCUT2D eigenvalue weighted by Crippen LogP contribution is -2.44. The van der Waals surface area contributed by atoms with Gasteiger partial charge in [0.25, 0.3) is 0 Å². The molecule has 1 unspecified atom stereocenters. The second-order valence-electron chi connectivity index (χ2n) is 6.36. The van der Waals surface area contributed by atoms with E-state index in [0.29, 0.717) is 18.9 Å². The highest BCUT2D eigenvalue weighted by Gasteiger charge is 2.37. The maximum absolute atomic E-state index is 11.7. The molecule has 0 aliphatic carbocycles. The fraction of sp³-hybridized carbons (Fsp3) is 0.588. The Labute approximate surface area is 121 Å². The zero-order chi connectivity index (χ0) is 14.6. The van der Waals surface area contributed by atoms with E-state index in [0.717, 1.165) is 19.3 Å². The topological polar surface area (TPSA) is 38.3 Å². The van der Waals surface area contributed by atoms with E-state index in [2.05, 4.69) is 43.4 Å². The lowest BCUT2D eigenvalue weighted by molar-refractivity contribution is -0.119. The summed E-state index contributed by atoms with van der Waals surface area (Å²) >= 11 is 0. The summed E-state index contributed by atoms with van der Waals surface area (Å²) in [6, 6.07) is 8.49. The van der Waals surface area contributed by atoms with E-state index in [9.17, 15) is 4.79 Å². The highest BCUT2D eigenvalue weighted by atomic mass is 16.5. The van der Waals surface area contributed by atoms with E-state index < -0.39 is 0 Å². The lowest BCUT2D eigenvalue weighted by Gasteiger charge is -2.31. The zero-order valence-electron chi connectivity index (χ0n) is 12.7. The van der Waals surface area contributed by atoms with Gasteiger partial charge >= 0.3 is 0 Å². The molecule has 3 nitrogen and oxygen atoms in total. The van der Waals surface area contributed by atoms with Gasteiger partial charge in [-0.15, -0.1) is 0 Å². The maximum Gasteiger partial charge on any atom is 0.220 e. The van der Waals surface area contributed by atoms with Gasteiger partial charge in [-0.3, -0.25) is 4.79 Å². The van der Waals surface area contributed by atoms with Crippen LogP contribution in [-0.2, 0) is 22.6 Å². The average molecular weight is 275 g/mol. The molecular weight excluding hydrogens is 250 g/mol. The molecule has 110 valence electrons. The summed E-state index contributed by atoms with van der Waals surface area (Å²) in [5, 5.41) is 3.23. The van der Waals surface area contributed by atoms with Crippen LogP contribution in [0.2, 0.25) is 0 Å². The van der Waals surface area contributed by atoms with Gasteiger partial charge in [0.2, 0.25) is 5.91 Å². The molecule has 0 bridgehead atoms. The summed E-state index contributed by atoms with van der Waals surface area (Å²) in [7, 11) is 1.71. The third kappa shape index (κ3) is 3.83. The number of hydrogen-bond donors (Lipinski definition) is 1. The molecule has 0 aromatic heterocycles. The number of benzene rings is 1. The SMILES string of the molecule is COCc1cccc(CC2(CC(C)C)CCC(=O)N2)c1. The van der Waals surface area contributed by atoms with Crippen molar-refractivity contribution in [3.8, 4) is 0 Å². The Morgan fingerprint density at radius 3 is 2.70 bits per heavy atom. The fourth-order valence-electron chi connectivity index (χ4n) is 3.30. The molecule has 1 saturated heterocycles. The zero-order valence-corrected chi connectivity index (χ0v) is 12.7. The molecule has 1 aromatic rings. The van der Waals surface area contributed by atoms with E-state index in [-0.39, 0.29) is 11.4 Å². The number of carbonyl (C=O) groups excluding carboxylic acids is 1. The Hall–Kier alpha value is -1.35. The molecule has 1 aliphatic rings. The van der Waals surface area contributed by atoms with Gasteiger partial charge < -0.3 is 10.1 Å². The largest absolute Gasteiger partial charge is 0.380 e. The Bertz CT molecular complexity index is 470. The van der Waals surface area contributed by atoms with Crippen LogP contribution in [0.15, 0.2) is 24.3 Å². The van der Waals surface area contributed by atoms with Gasteiger partial charge in [0.1, 0.15) is 0 Å². The first-order valence-corrected chi connectivity index (χ1v) is 7.41. The predicted octanol–water partition coefficient (Wildman–Crippen LogP) is 3.07. The molecule has 20 heavy (non-hydrogen) atoms. The third-order valence-corrected chi connectivity index (χ3v) is 3.88. The van der Waals surface area contributed by atoms with Crippen molar-refractivity contribution in [2.45, 2.75) is 51.7 Å². The van der Waals surface area contributed by atoms with Crippen molar-refractivity contribution in [1.82, 2.24) is 5.32 Å². The van der Waals surface area contributed by atoms with E-state index in [1.165, 1.54) is 11.1 Å². The second kappa shape index (κ2) is 6.40. The summed E-state index contributed by atoms with van der Waals surface area (Å²) in [4.78, 5) is 11.7. The van der Waals surface area contributed by atoms with E-state index >= 15 is 0 Å². The molecular formula is C17H25NO2.